The van der Waals surface area contributed by atoms with Gasteiger partial charge < -0.3 is 15.0 Å². The third-order valence-electron chi connectivity index (χ3n) is 3.97. The molecule has 4 heteroatoms. The van der Waals surface area contributed by atoms with Gasteiger partial charge in [0.1, 0.15) is 5.82 Å². The van der Waals surface area contributed by atoms with E-state index >= 15 is 0 Å². The molecular weight excluding hydrogens is 262 g/mol. The number of benzene rings is 1. The third-order valence-corrected chi connectivity index (χ3v) is 3.97. The third kappa shape index (κ3) is 4.05. The maximum atomic E-state index is 6.29. The van der Waals surface area contributed by atoms with Gasteiger partial charge >= 0.3 is 0 Å². The molecule has 0 bridgehead atoms. The van der Waals surface area contributed by atoms with E-state index in [-0.39, 0.29) is 12.1 Å². The van der Waals surface area contributed by atoms with Gasteiger partial charge in [-0.3, -0.25) is 0 Å². The van der Waals surface area contributed by atoms with Crippen molar-refractivity contribution in [2.24, 2.45) is 5.73 Å². The van der Waals surface area contributed by atoms with Crippen LogP contribution in [-0.4, -0.2) is 28.8 Å². The van der Waals surface area contributed by atoms with E-state index in [0.717, 1.165) is 43.6 Å². The molecule has 21 heavy (non-hydrogen) atoms. The molecule has 1 aromatic carbocycles. The predicted octanol–water partition coefficient (Wildman–Crippen LogP) is 3.13. The molecule has 2 N–H and O–H groups in total. The van der Waals surface area contributed by atoms with E-state index in [9.17, 15) is 0 Å². The number of aryl methyl sites for hydroxylation is 1. The fourth-order valence-corrected chi connectivity index (χ4v) is 2.66. The van der Waals surface area contributed by atoms with E-state index < -0.39 is 0 Å². The van der Waals surface area contributed by atoms with Crippen LogP contribution in [0.1, 0.15) is 38.9 Å². The zero-order valence-electron chi connectivity index (χ0n) is 13.4. The number of hydrogen-bond acceptors (Lipinski definition) is 3. The molecule has 0 aliphatic heterocycles. The van der Waals surface area contributed by atoms with Crippen molar-refractivity contribution >= 4 is 11.0 Å². The first-order valence-corrected chi connectivity index (χ1v) is 7.88. The van der Waals surface area contributed by atoms with Gasteiger partial charge in [-0.2, -0.15) is 0 Å². The molecule has 116 valence electrons. The number of hydrogen-bond donors (Lipinski definition) is 1. The van der Waals surface area contributed by atoms with E-state index in [1.807, 2.05) is 6.07 Å². The Bertz CT molecular complexity index is 564. The largest absolute Gasteiger partial charge is 0.382 e. The number of aromatic nitrogens is 2. The summed E-state index contributed by atoms with van der Waals surface area (Å²) < 4.78 is 7.60. The molecule has 2 unspecified atom stereocenters. The summed E-state index contributed by atoms with van der Waals surface area (Å²) in [5.41, 5.74) is 8.57. The van der Waals surface area contributed by atoms with E-state index in [0.29, 0.717) is 0 Å². The summed E-state index contributed by atoms with van der Waals surface area (Å²) in [5, 5.41) is 0. The minimum absolute atomic E-state index is 0.134. The van der Waals surface area contributed by atoms with Crippen molar-refractivity contribution in [2.45, 2.75) is 58.2 Å². The first-order valence-electron chi connectivity index (χ1n) is 7.88. The summed E-state index contributed by atoms with van der Waals surface area (Å²) in [7, 11) is 1.75. The molecule has 1 heterocycles. The Balaban J connectivity index is 2.11. The lowest BCUT2D eigenvalue weighted by atomic mass is 10.1. The molecule has 2 aromatic rings. The number of para-hydroxylation sites is 2. The van der Waals surface area contributed by atoms with Crippen molar-refractivity contribution in [3.63, 3.8) is 0 Å². The van der Waals surface area contributed by atoms with Crippen molar-refractivity contribution in [1.82, 2.24) is 9.55 Å². The first kappa shape index (κ1) is 16.0. The molecule has 0 spiro atoms. The molecule has 0 aliphatic rings. The van der Waals surface area contributed by atoms with Crippen LogP contribution < -0.4 is 5.73 Å². The highest BCUT2D eigenvalue weighted by atomic mass is 16.5. The molecule has 0 amide bonds. The van der Waals surface area contributed by atoms with Crippen LogP contribution in [0.15, 0.2) is 24.3 Å². The van der Waals surface area contributed by atoms with Crippen LogP contribution >= 0.6 is 0 Å². The standard InChI is InChI=1S/C17H27N3O/c1-4-11-20-16-8-6-5-7-15(16)19-17(20)12-14(18)10-9-13(2)21-3/h5-8,13-14H,4,9-12,18H2,1-3H3. The Labute approximate surface area is 127 Å². The molecule has 0 saturated heterocycles. The van der Waals surface area contributed by atoms with Gasteiger partial charge in [-0.15, -0.1) is 0 Å². The molecular formula is C17H27N3O. The lowest BCUT2D eigenvalue weighted by Gasteiger charge is -2.15. The summed E-state index contributed by atoms with van der Waals surface area (Å²) in [6.07, 6.45) is 4.15. The molecule has 0 saturated carbocycles. The van der Waals surface area contributed by atoms with E-state index in [1.165, 1.54) is 5.52 Å². The highest BCUT2D eigenvalue weighted by Gasteiger charge is 2.14. The van der Waals surface area contributed by atoms with Crippen LogP contribution in [0.5, 0.6) is 0 Å². The predicted molar refractivity (Wildman–Crippen MR) is 87.4 cm³/mol. The highest BCUT2D eigenvalue weighted by Crippen LogP contribution is 2.18. The number of nitrogens with two attached hydrogens (primary N) is 1. The second-order valence-corrected chi connectivity index (χ2v) is 5.76. The maximum absolute atomic E-state index is 6.29. The van der Waals surface area contributed by atoms with E-state index in [2.05, 4.69) is 36.6 Å². The summed E-state index contributed by atoms with van der Waals surface area (Å²) in [6, 6.07) is 8.45. The minimum atomic E-state index is 0.134. The van der Waals surface area contributed by atoms with E-state index in [1.54, 1.807) is 7.11 Å². The SMILES string of the molecule is CCCn1c(CC(N)CCC(C)OC)nc2ccccc21. The number of fused-ring (bicyclic) bond motifs is 1. The minimum Gasteiger partial charge on any atom is -0.382 e. The van der Waals surface area contributed by atoms with Gasteiger partial charge in [0.15, 0.2) is 0 Å². The van der Waals surface area contributed by atoms with Gasteiger partial charge in [0, 0.05) is 26.1 Å². The van der Waals surface area contributed by atoms with Gasteiger partial charge in [-0.05, 0) is 38.3 Å². The number of rotatable bonds is 8. The van der Waals surface area contributed by atoms with Gasteiger partial charge in [0.2, 0.25) is 0 Å². The first-order chi connectivity index (χ1) is 10.2. The zero-order chi connectivity index (χ0) is 15.2. The van der Waals surface area contributed by atoms with Crippen LogP contribution in [0.3, 0.4) is 0 Å². The van der Waals surface area contributed by atoms with Crippen molar-refractivity contribution in [2.75, 3.05) is 7.11 Å². The zero-order valence-corrected chi connectivity index (χ0v) is 13.4. The smallest absolute Gasteiger partial charge is 0.111 e. The van der Waals surface area contributed by atoms with Crippen molar-refractivity contribution < 1.29 is 4.74 Å². The number of methoxy groups -OCH3 is 1. The van der Waals surface area contributed by atoms with Crippen LogP contribution in [0.2, 0.25) is 0 Å². The number of nitrogens with zero attached hydrogens (tertiary/aromatic N) is 2. The molecule has 0 fully saturated rings. The van der Waals surface area contributed by atoms with E-state index in [4.69, 9.17) is 15.5 Å². The number of imidazole rings is 1. The van der Waals surface area contributed by atoms with Gasteiger partial charge in [0.05, 0.1) is 17.1 Å². The molecule has 2 atom stereocenters. The lowest BCUT2D eigenvalue weighted by Crippen LogP contribution is -2.26. The average Bonchev–Trinajstić information content (AvgIpc) is 2.83. The van der Waals surface area contributed by atoms with Gasteiger partial charge in [0.25, 0.3) is 0 Å². The topological polar surface area (TPSA) is 53.1 Å². The van der Waals surface area contributed by atoms with Crippen molar-refractivity contribution in [3.8, 4) is 0 Å². The number of ether oxygens (including phenoxy) is 1. The summed E-state index contributed by atoms with van der Waals surface area (Å²) in [6.45, 7) is 5.27. The highest BCUT2D eigenvalue weighted by molar-refractivity contribution is 5.75. The maximum Gasteiger partial charge on any atom is 0.111 e. The normalized spacial score (nSPS) is 14.5. The van der Waals surface area contributed by atoms with Gasteiger partial charge in [-0.1, -0.05) is 19.1 Å². The average molecular weight is 289 g/mol. The fraction of sp³-hybridized carbons (Fsp3) is 0.588. The second-order valence-electron chi connectivity index (χ2n) is 5.76. The van der Waals surface area contributed by atoms with Crippen LogP contribution in [-0.2, 0) is 17.7 Å². The second kappa shape index (κ2) is 7.57. The van der Waals surface area contributed by atoms with Crippen LogP contribution in [0.25, 0.3) is 11.0 Å². The molecule has 1 aromatic heterocycles. The summed E-state index contributed by atoms with van der Waals surface area (Å²) >= 11 is 0. The van der Waals surface area contributed by atoms with Crippen molar-refractivity contribution in [1.29, 1.82) is 0 Å². The molecule has 4 nitrogen and oxygen atoms in total. The molecule has 2 rings (SSSR count). The summed E-state index contributed by atoms with van der Waals surface area (Å²) in [5.74, 6) is 1.11. The fourth-order valence-electron chi connectivity index (χ4n) is 2.66. The Morgan fingerprint density at radius 2 is 2.05 bits per heavy atom. The summed E-state index contributed by atoms with van der Waals surface area (Å²) in [4.78, 5) is 4.77. The molecule has 0 aliphatic carbocycles. The Morgan fingerprint density at radius 3 is 2.76 bits per heavy atom. The van der Waals surface area contributed by atoms with Crippen molar-refractivity contribution in [3.05, 3.63) is 30.1 Å². The van der Waals surface area contributed by atoms with Gasteiger partial charge in [-0.25, -0.2) is 4.98 Å². The van der Waals surface area contributed by atoms with Crippen LogP contribution in [0.4, 0.5) is 0 Å². The lowest BCUT2D eigenvalue weighted by molar-refractivity contribution is 0.107. The Kier molecular flexibility index (Phi) is 5.76. The quantitative estimate of drug-likeness (QED) is 0.812. The van der Waals surface area contributed by atoms with Crippen LogP contribution in [0, 0.1) is 0 Å². The Morgan fingerprint density at radius 1 is 1.29 bits per heavy atom. The molecule has 0 radical (unpaired) electrons. The Hall–Kier alpha value is -1.39. The monoisotopic (exact) mass is 289 g/mol.